The number of benzene rings is 2. The zero-order valence-corrected chi connectivity index (χ0v) is 21.4. The molecule has 3 atom stereocenters. The molecular formula is C31H34FN3O2. The molecule has 2 aliphatic rings. The minimum atomic E-state index is -0.684. The van der Waals surface area contributed by atoms with Crippen molar-refractivity contribution in [2.75, 3.05) is 13.7 Å². The molecule has 0 aliphatic heterocycles. The summed E-state index contributed by atoms with van der Waals surface area (Å²) in [6.45, 7) is 0.580. The first kappa shape index (κ1) is 24.3. The second kappa shape index (κ2) is 9.66. The molecule has 6 rings (SSSR count). The maximum absolute atomic E-state index is 13.6. The van der Waals surface area contributed by atoms with E-state index in [0.717, 1.165) is 67.2 Å². The Morgan fingerprint density at radius 2 is 2.00 bits per heavy atom. The Balaban J connectivity index is 1.47. The molecule has 0 amide bonds. The zero-order chi connectivity index (χ0) is 25.5. The van der Waals surface area contributed by atoms with Crippen LogP contribution in [-0.2, 0) is 23.0 Å². The minimum absolute atomic E-state index is 0.0916. The molecule has 0 bridgehead atoms. The molecule has 5 nitrogen and oxygen atoms in total. The number of rotatable bonds is 6. The summed E-state index contributed by atoms with van der Waals surface area (Å²) in [4.78, 5) is 4.73. The average Bonchev–Trinajstić information content (AvgIpc) is 3.26. The summed E-state index contributed by atoms with van der Waals surface area (Å²) >= 11 is 0. The minimum Gasteiger partial charge on any atom is -0.390 e. The number of hydrogen-bond acceptors (Lipinski definition) is 4. The van der Waals surface area contributed by atoms with Gasteiger partial charge >= 0.3 is 0 Å². The van der Waals surface area contributed by atoms with Crippen LogP contribution in [-0.4, -0.2) is 39.2 Å². The van der Waals surface area contributed by atoms with E-state index in [1.165, 1.54) is 23.3 Å². The number of methoxy groups -OCH3 is 1. The van der Waals surface area contributed by atoms with E-state index in [4.69, 9.17) is 9.72 Å². The summed E-state index contributed by atoms with van der Waals surface area (Å²) in [7, 11) is 1.71. The number of aliphatic hydroxyl groups is 1. The van der Waals surface area contributed by atoms with Crippen LogP contribution < -0.4 is 0 Å². The highest BCUT2D eigenvalue weighted by Gasteiger charge is 2.50. The lowest BCUT2D eigenvalue weighted by Gasteiger charge is -2.50. The molecule has 0 unspecified atom stereocenters. The Labute approximate surface area is 217 Å². The smallest absolute Gasteiger partial charge is 0.123 e. The van der Waals surface area contributed by atoms with Gasteiger partial charge in [-0.1, -0.05) is 6.07 Å². The molecule has 0 spiro atoms. The van der Waals surface area contributed by atoms with Gasteiger partial charge in [-0.15, -0.1) is 0 Å². The number of pyridine rings is 1. The summed E-state index contributed by atoms with van der Waals surface area (Å²) in [6.07, 6.45) is 11.0. The molecule has 37 heavy (non-hydrogen) atoms. The van der Waals surface area contributed by atoms with Gasteiger partial charge in [0.2, 0.25) is 0 Å². The van der Waals surface area contributed by atoms with Crippen molar-refractivity contribution < 1.29 is 14.2 Å². The van der Waals surface area contributed by atoms with Gasteiger partial charge < -0.3 is 9.84 Å². The molecule has 4 aromatic rings. The van der Waals surface area contributed by atoms with Crippen LogP contribution in [0.4, 0.5) is 4.39 Å². The van der Waals surface area contributed by atoms with E-state index in [0.29, 0.717) is 18.9 Å². The fourth-order valence-electron chi connectivity index (χ4n) is 6.94. The van der Waals surface area contributed by atoms with Crippen LogP contribution in [0, 0.1) is 11.7 Å². The van der Waals surface area contributed by atoms with Gasteiger partial charge in [-0.2, -0.15) is 5.10 Å². The predicted octanol–water partition coefficient (Wildman–Crippen LogP) is 5.94. The van der Waals surface area contributed by atoms with Crippen molar-refractivity contribution >= 4 is 10.9 Å². The fourth-order valence-corrected chi connectivity index (χ4v) is 6.94. The highest BCUT2D eigenvalue weighted by atomic mass is 19.1. The Kier molecular flexibility index (Phi) is 6.33. The first-order chi connectivity index (χ1) is 18.0. The highest BCUT2D eigenvalue weighted by molar-refractivity contribution is 5.82. The van der Waals surface area contributed by atoms with Crippen molar-refractivity contribution in [2.45, 2.75) is 62.4 Å². The van der Waals surface area contributed by atoms with Gasteiger partial charge in [0, 0.05) is 36.4 Å². The third-order valence-corrected chi connectivity index (χ3v) is 8.84. The molecule has 192 valence electrons. The first-order valence-corrected chi connectivity index (χ1v) is 13.4. The van der Waals surface area contributed by atoms with Crippen molar-refractivity contribution in [1.82, 2.24) is 14.8 Å². The maximum Gasteiger partial charge on any atom is 0.123 e. The van der Waals surface area contributed by atoms with Gasteiger partial charge in [0.15, 0.2) is 0 Å². The van der Waals surface area contributed by atoms with Gasteiger partial charge in [0.25, 0.3) is 0 Å². The second-order valence-electron chi connectivity index (χ2n) is 11.0. The van der Waals surface area contributed by atoms with E-state index in [1.807, 2.05) is 23.1 Å². The van der Waals surface area contributed by atoms with E-state index in [-0.39, 0.29) is 11.2 Å². The average molecular weight is 500 g/mol. The van der Waals surface area contributed by atoms with Crippen LogP contribution in [0.15, 0.2) is 67.0 Å². The van der Waals surface area contributed by atoms with E-state index in [1.54, 1.807) is 19.2 Å². The third kappa shape index (κ3) is 4.47. The quantitative estimate of drug-likeness (QED) is 0.356. The van der Waals surface area contributed by atoms with E-state index >= 15 is 0 Å². The van der Waals surface area contributed by atoms with E-state index in [9.17, 15) is 9.50 Å². The van der Waals surface area contributed by atoms with Gasteiger partial charge in [-0.3, -0.25) is 4.98 Å². The van der Waals surface area contributed by atoms with Gasteiger partial charge in [-0.25, -0.2) is 9.07 Å². The number of fused-ring (bicyclic) bond motifs is 4. The van der Waals surface area contributed by atoms with Gasteiger partial charge in [-0.05, 0) is 117 Å². The third-order valence-electron chi connectivity index (χ3n) is 8.84. The second-order valence-corrected chi connectivity index (χ2v) is 11.0. The van der Waals surface area contributed by atoms with Gasteiger partial charge in [0.1, 0.15) is 5.82 Å². The zero-order valence-electron chi connectivity index (χ0n) is 21.4. The maximum atomic E-state index is 13.6. The van der Waals surface area contributed by atoms with Crippen LogP contribution >= 0.6 is 0 Å². The van der Waals surface area contributed by atoms with Crippen molar-refractivity contribution in [1.29, 1.82) is 0 Å². The number of ether oxygens (including phenoxy) is 1. The summed E-state index contributed by atoms with van der Waals surface area (Å²) in [5, 5.41) is 17.3. The molecule has 2 aromatic heterocycles. The molecule has 2 aliphatic carbocycles. The molecule has 0 saturated heterocycles. The molecule has 0 radical (unpaired) electrons. The molecule has 1 saturated carbocycles. The number of nitrogens with zero attached hydrogens (tertiary/aromatic N) is 3. The lowest BCUT2D eigenvalue weighted by molar-refractivity contribution is -0.0642. The van der Waals surface area contributed by atoms with Crippen molar-refractivity contribution in [3.05, 3.63) is 89.6 Å². The Morgan fingerprint density at radius 1 is 1.14 bits per heavy atom. The summed E-state index contributed by atoms with van der Waals surface area (Å²) < 4.78 is 20.8. The van der Waals surface area contributed by atoms with Gasteiger partial charge in [0.05, 0.1) is 23.0 Å². The summed E-state index contributed by atoms with van der Waals surface area (Å²) in [6, 6.07) is 17.3. The lowest BCUT2D eigenvalue weighted by Crippen LogP contribution is -2.49. The van der Waals surface area contributed by atoms with E-state index < -0.39 is 5.60 Å². The van der Waals surface area contributed by atoms with Crippen LogP contribution in [0.2, 0.25) is 0 Å². The molecular weight excluding hydrogens is 465 g/mol. The van der Waals surface area contributed by atoms with Crippen molar-refractivity contribution in [2.24, 2.45) is 5.92 Å². The Bertz CT molecular complexity index is 1390. The number of hydrogen-bond donors (Lipinski definition) is 1. The fraction of sp³-hybridized carbons (Fsp3) is 0.419. The van der Waals surface area contributed by atoms with Crippen LogP contribution in [0.5, 0.6) is 0 Å². The molecule has 2 aromatic carbocycles. The molecule has 1 fully saturated rings. The highest BCUT2D eigenvalue weighted by Crippen LogP contribution is 2.54. The number of aromatic nitrogens is 3. The summed E-state index contributed by atoms with van der Waals surface area (Å²) in [5.41, 5.74) is 4.97. The molecule has 2 heterocycles. The van der Waals surface area contributed by atoms with E-state index in [2.05, 4.69) is 29.4 Å². The van der Waals surface area contributed by atoms with Crippen molar-refractivity contribution in [3.63, 3.8) is 0 Å². The number of aryl methyl sites for hydroxylation is 1. The SMILES string of the molecule is COCC[C@@]1(O)CC[C@@]2(Cc3ccccn3)c3cc4cnn(-c5ccc(F)cc5)c4cc3CCC[C@H]2C1. The van der Waals surface area contributed by atoms with Crippen LogP contribution in [0.1, 0.15) is 55.3 Å². The first-order valence-electron chi connectivity index (χ1n) is 13.4. The molecule has 1 N–H and O–H groups in total. The normalized spacial score (nSPS) is 25.4. The van der Waals surface area contributed by atoms with Crippen LogP contribution in [0.3, 0.4) is 0 Å². The largest absolute Gasteiger partial charge is 0.390 e. The summed E-state index contributed by atoms with van der Waals surface area (Å²) in [5.74, 6) is 0.107. The lowest BCUT2D eigenvalue weighted by atomic mass is 9.56. The standard InChI is InChI=1S/C31H34FN3O2/c1-37-16-14-30(36)12-13-31(20-26-7-2-3-15-33-26)24(19-30)6-4-5-22-18-29-23(17-28(22)31)21-34-35(29)27-10-8-25(32)9-11-27/h2-3,7-11,15,17-18,21,24,36H,4-6,12-14,16,19-20H2,1H3/t24-,30-,31-/m0/s1. The topological polar surface area (TPSA) is 60.2 Å². The molecule has 6 heteroatoms. The van der Waals surface area contributed by atoms with Crippen LogP contribution in [0.25, 0.3) is 16.6 Å². The Morgan fingerprint density at radius 3 is 2.78 bits per heavy atom. The number of halogens is 1. The Hall–Kier alpha value is -3.09. The van der Waals surface area contributed by atoms with Crippen molar-refractivity contribution in [3.8, 4) is 5.69 Å². The predicted molar refractivity (Wildman–Crippen MR) is 142 cm³/mol. The monoisotopic (exact) mass is 499 g/mol.